The standard InChI is InChI=1S/C16H12Cl2N2O3/c17-16(18)13(10-4-2-1-3-5-10)14(16)15(21)19-11-6-8-12(9-7-11)20(22)23/h1-9,13-14H,(H,19,21)/t13-,14+/m1/s1. The van der Waals surface area contributed by atoms with Crippen molar-refractivity contribution in [1.29, 1.82) is 0 Å². The van der Waals surface area contributed by atoms with Gasteiger partial charge < -0.3 is 5.32 Å². The molecule has 0 saturated heterocycles. The zero-order valence-electron chi connectivity index (χ0n) is 11.8. The molecule has 1 N–H and O–H groups in total. The molecule has 3 rings (SSSR count). The third-order valence-electron chi connectivity index (χ3n) is 3.84. The van der Waals surface area contributed by atoms with Gasteiger partial charge in [0.2, 0.25) is 5.91 Å². The van der Waals surface area contributed by atoms with E-state index in [1.54, 1.807) is 0 Å². The zero-order valence-corrected chi connectivity index (χ0v) is 13.3. The molecule has 0 heterocycles. The zero-order chi connectivity index (χ0) is 16.6. The highest BCUT2D eigenvalue weighted by Crippen LogP contribution is 2.65. The summed E-state index contributed by atoms with van der Waals surface area (Å²) in [4.78, 5) is 22.5. The Morgan fingerprint density at radius 2 is 1.70 bits per heavy atom. The van der Waals surface area contributed by atoms with Gasteiger partial charge in [-0.25, -0.2) is 0 Å². The Bertz CT molecular complexity index is 748. The number of alkyl halides is 2. The number of nitro benzene ring substituents is 1. The van der Waals surface area contributed by atoms with Crippen molar-refractivity contribution >= 4 is 40.5 Å². The number of benzene rings is 2. The lowest BCUT2D eigenvalue weighted by Crippen LogP contribution is -2.17. The number of nitro groups is 1. The van der Waals surface area contributed by atoms with E-state index in [4.69, 9.17) is 23.2 Å². The molecule has 1 saturated carbocycles. The molecule has 1 fully saturated rings. The number of amides is 1. The molecule has 23 heavy (non-hydrogen) atoms. The van der Waals surface area contributed by atoms with Gasteiger partial charge in [-0.1, -0.05) is 30.3 Å². The molecule has 1 aliphatic carbocycles. The summed E-state index contributed by atoms with van der Waals surface area (Å²) in [6.07, 6.45) is 0. The number of hydrogen-bond donors (Lipinski definition) is 1. The third kappa shape index (κ3) is 3.02. The van der Waals surface area contributed by atoms with Crippen LogP contribution in [0.4, 0.5) is 11.4 Å². The Balaban J connectivity index is 1.72. The van der Waals surface area contributed by atoms with Crippen LogP contribution in [0.1, 0.15) is 11.5 Å². The molecule has 0 unspecified atom stereocenters. The Morgan fingerprint density at radius 3 is 2.26 bits per heavy atom. The monoisotopic (exact) mass is 350 g/mol. The first-order valence-corrected chi connectivity index (χ1v) is 7.65. The SMILES string of the molecule is O=C(Nc1ccc([N+](=O)[O-])cc1)[C@@H]1[C@@H](c2ccccc2)C1(Cl)Cl. The first-order chi connectivity index (χ1) is 10.9. The van der Waals surface area contributed by atoms with E-state index < -0.39 is 15.2 Å². The molecule has 118 valence electrons. The summed E-state index contributed by atoms with van der Waals surface area (Å²) in [5.41, 5.74) is 1.32. The van der Waals surface area contributed by atoms with E-state index in [-0.39, 0.29) is 17.5 Å². The van der Waals surface area contributed by atoms with Crippen LogP contribution < -0.4 is 5.32 Å². The molecule has 0 spiro atoms. The van der Waals surface area contributed by atoms with E-state index in [0.717, 1.165) is 5.56 Å². The molecular weight excluding hydrogens is 339 g/mol. The highest BCUT2D eigenvalue weighted by atomic mass is 35.5. The highest BCUT2D eigenvalue weighted by molar-refractivity contribution is 6.53. The summed E-state index contributed by atoms with van der Waals surface area (Å²) < 4.78 is -1.15. The van der Waals surface area contributed by atoms with E-state index in [1.807, 2.05) is 30.3 Å². The molecule has 1 amide bonds. The first kappa shape index (κ1) is 15.8. The highest BCUT2D eigenvalue weighted by Gasteiger charge is 2.67. The Labute approximate surface area is 142 Å². The minimum atomic E-state index is -1.15. The molecule has 0 bridgehead atoms. The predicted molar refractivity (Wildman–Crippen MR) is 88.8 cm³/mol. The minimum absolute atomic E-state index is 0.0411. The van der Waals surface area contributed by atoms with Crippen LogP contribution in [0.3, 0.4) is 0 Å². The number of anilines is 1. The second-order valence-corrected chi connectivity index (χ2v) is 6.78. The number of halogens is 2. The van der Waals surface area contributed by atoms with Crippen LogP contribution in [0.5, 0.6) is 0 Å². The van der Waals surface area contributed by atoms with Crippen LogP contribution in [0.25, 0.3) is 0 Å². The summed E-state index contributed by atoms with van der Waals surface area (Å²) in [5, 5.41) is 13.3. The normalized spacial score (nSPS) is 21.5. The van der Waals surface area contributed by atoms with Gasteiger partial charge >= 0.3 is 0 Å². The third-order valence-corrected chi connectivity index (χ3v) is 4.78. The smallest absolute Gasteiger partial charge is 0.269 e. The second kappa shape index (κ2) is 5.83. The van der Waals surface area contributed by atoms with Crippen molar-refractivity contribution < 1.29 is 9.72 Å². The van der Waals surface area contributed by atoms with E-state index in [2.05, 4.69) is 5.32 Å². The Kier molecular flexibility index (Phi) is 4.00. The summed E-state index contributed by atoms with van der Waals surface area (Å²) in [6.45, 7) is 0. The molecule has 0 radical (unpaired) electrons. The van der Waals surface area contributed by atoms with Crippen LogP contribution in [0.15, 0.2) is 54.6 Å². The summed E-state index contributed by atoms with van der Waals surface area (Å²) in [7, 11) is 0. The second-order valence-electron chi connectivity index (χ2n) is 5.33. The number of nitrogens with zero attached hydrogens (tertiary/aromatic N) is 1. The van der Waals surface area contributed by atoms with Gasteiger partial charge in [0.25, 0.3) is 5.69 Å². The topological polar surface area (TPSA) is 72.2 Å². The molecule has 1 aliphatic rings. The average molecular weight is 351 g/mol. The van der Waals surface area contributed by atoms with E-state index >= 15 is 0 Å². The predicted octanol–water partition coefficient (Wildman–Crippen LogP) is 4.12. The summed E-state index contributed by atoms with van der Waals surface area (Å²) in [5.74, 6) is -1.15. The maximum Gasteiger partial charge on any atom is 0.269 e. The number of non-ortho nitro benzene ring substituents is 1. The molecular formula is C16H12Cl2N2O3. The Morgan fingerprint density at radius 1 is 1.09 bits per heavy atom. The molecule has 5 nitrogen and oxygen atoms in total. The fraction of sp³-hybridized carbons (Fsp3) is 0.188. The fourth-order valence-corrected chi connectivity index (χ4v) is 3.44. The van der Waals surface area contributed by atoms with Crippen molar-refractivity contribution in [1.82, 2.24) is 0 Å². The van der Waals surface area contributed by atoms with Crippen molar-refractivity contribution in [3.05, 3.63) is 70.3 Å². The van der Waals surface area contributed by atoms with Crippen molar-refractivity contribution in [3.63, 3.8) is 0 Å². The largest absolute Gasteiger partial charge is 0.326 e. The van der Waals surface area contributed by atoms with Crippen LogP contribution in [-0.2, 0) is 4.79 Å². The van der Waals surface area contributed by atoms with Gasteiger partial charge in [0.15, 0.2) is 0 Å². The van der Waals surface area contributed by atoms with Crippen LogP contribution in [0.2, 0.25) is 0 Å². The van der Waals surface area contributed by atoms with Gasteiger partial charge in [-0.15, -0.1) is 23.2 Å². The van der Waals surface area contributed by atoms with Gasteiger partial charge in [-0.3, -0.25) is 14.9 Å². The lowest BCUT2D eigenvalue weighted by molar-refractivity contribution is -0.384. The number of carbonyl (C=O) groups is 1. The van der Waals surface area contributed by atoms with Crippen LogP contribution in [-0.4, -0.2) is 15.2 Å². The van der Waals surface area contributed by atoms with Gasteiger partial charge in [-0.2, -0.15) is 0 Å². The molecule has 7 heteroatoms. The summed E-state index contributed by atoms with van der Waals surface area (Å²) in [6, 6.07) is 15.0. The van der Waals surface area contributed by atoms with Crippen molar-refractivity contribution in [2.45, 2.75) is 10.3 Å². The van der Waals surface area contributed by atoms with E-state index in [0.29, 0.717) is 5.69 Å². The van der Waals surface area contributed by atoms with Gasteiger partial charge in [-0.05, 0) is 17.7 Å². The van der Waals surface area contributed by atoms with Crippen molar-refractivity contribution in [2.75, 3.05) is 5.32 Å². The molecule has 0 aliphatic heterocycles. The fourth-order valence-electron chi connectivity index (χ4n) is 2.61. The van der Waals surface area contributed by atoms with Crippen molar-refractivity contribution in [2.24, 2.45) is 5.92 Å². The summed E-state index contributed by atoms with van der Waals surface area (Å²) >= 11 is 12.5. The quantitative estimate of drug-likeness (QED) is 0.512. The van der Waals surface area contributed by atoms with E-state index in [1.165, 1.54) is 24.3 Å². The lowest BCUT2D eigenvalue weighted by Gasteiger charge is -2.04. The number of hydrogen-bond acceptors (Lipinski definition) is 3. The van der Waals surface area contributed by atoms with Crippen LogP contribution >= 0.6 is 23.2 Å². The molecule has 2 atom stereocenters. The van der Waals surface area contributed by atoms with Gasteiger partial charge in [0, 0.05) is 23.7 Å². The molecule has 0 aromatic heterocycles. The Hall–Kier alpha value is -2.11. The number of nitrogens with one attached hydrogen (secondary N) is 1. The van der Waals surface area contributed by atoms with Gasteiger partial charge in [0.1, 0.15) is 4.33 Å². The maximum absolute atomic E-state index is 12.4. The maximum atomic E-state index is 12.4. The molecule has 2 aromatic rings. The number of carbonyl (C=O) groups excluding carboxylic acids is 1. The van der Waals surface area contributed by atoms with Gasteiger partial charge in [0.05, 0.1) is 10.8 Å². The minimum Gasteiger partial charge on any atom is -0.326 e. The number of rotatable bonds is 4. The van der Waals surface area contributed by atoms with E-state index in [9.17, 15) is 14.9 Å². The average Bonchev–Trinajstić information content (AvgIpc) is 3.11. The molecule has 2 aromatic carbocycles. The first-order valence-electron chi connectivity index (χ1n) is 6.89. The van der Waals surface area contributed by atoms with Crippen LogP contribution in [0, 0.1) is 16.0 Å². The lowest BCUT2D eigenvalue weighted by atomic mass is 10.1. The van der Waals surface area contributed by atoms with Crippen molar-refractivity contribution in [3.8, 4) is 0 Å².